The molecule has 0 aromatic heterocycles. The summed E-state index contributed by atoms with van der Waals surface area (Å²) < 4.78 is 0. The fourth-order valence-corrected chi connectivity index (χ4v) is 14.6. The monoisotopic (exact) mass is 1030 g/mol. The summed E-state index contributed by atoms with van der Waals surface area (Å²) in [4.78, 5) is 0. The maximum atomic E-state index is 2.48. The zero-order chi connectivity index (χ0) is 53.6. The highest BCUT2D eigenvalue weighted by Gasteiger charge is 2.54. The lowest BCUT2D eigenvalue weighted by molar-refractivity contribution is 0.157. The van der Waals surface area contributed by atoms with E-state index in [2.05, 4.69) is 272 Å². The van der Waals surface area contributed by atoms with Gasteiger partial charge in [0, 0.05) is 0 Å². The standard InChI is InChI=1S/C33H32.C25H18.C18H34.H2S/c1-32(2)20-25(21-33(32,3)4)23-11-9-10-22(18-23)24-16-17-30-28-14-6-5-12-26(28)27-13-7-8-15-29(27)31(30)19-24;1-17-7-6-8-18(15-17)19-13-14-24-22-11-3-2-9-20(22)21-10-4-5-12-23(21)25(24)16-19;1-15(2)9-13(10-16(15,3)4)14-11-17(5,6)18(7,8)12-14;/h5-19,25H,20-21H2,1-4H3;2-16H,1H3;13-14H,9-12H2,1-8H3;1H2. The number of fused-ring (bicyclic) bond motifs is 12. The minimum Gasteiger partial charge on any atom is -0.197 e. The molecule has 0 saturated heterocycles. The van der Waals surface area contributed by atoms with Crippen LogP contribution in [-0.2, 0) is 0 Å². The molecule has 396 valence electrons. The van der Waals surface area contributed by atoms with Gasteiger partial charge >= 0.3 is 0 Å². The molecule has 0 nitrogen and oxygen atoms in total. The predicted molar refractivity (Wildman–Crippen MR) is 344 cm³/mol. The van der Waals surface area contributed by atoms with Gasteiger partial charge in [-0.1, -0.05) is 259 Å². The second-order valence-electron chi connectivity index (χ2n) is 27.9. The molecule has 0 radical (unpaired) electrons. The van der Waals surface area contributed by atoms with E-state index in [0.29, 0.717) is 38.4 Å². The minimum absolute atomic E-state index is 0. The lowest BCUT2D eigenvalue weighted by Gasteiger charge is -2.34. The first-order chi connectivity index (χ1) is 36.0. The highest BCUT2D eigenvalue weighted by molar-refractivity contribution is 7.59. The molecule has 0 N–H and O–H groups in total. The molecule has 0 aliphatic heterocycles. The van der Waals surface area contributed by atoms with Gasteiger partial charge in [0.2, 0.25) is 0 Å². The first kappa shape index (κ1) is 54.5. The number of hydrogen-bond acceptors (Lipinski definition) is 0. The Balaban J connectivity index is 0.000000136. The van der Waals surface area contributed by atoms with E-state index < -0.39 is 0 Å². The van der Waals surface area contributed by atoms with Gasteiger partial charge < -0.3 is 0 Å². The van der Waals surface area contributed by atoms with E-state index in [4.69, 9.17) is 0 Å². The average Bonchev–Trinajstić information content (AvgIpc) is 3.91. The largest absolute Gasteiger partial charge is 0.197 e. The van der Waals surface area contributed by atoms with Crippen LogP contribution in [0.3, 0.4) is 0 Å². The van der Waals surface area contributed by atoms with E-state index >= 15 is 0 Å². The minimum atomic E-state index is 0. The Kier molecular flexibility index (Phi) is 14.2. The van der Waals surface area contributed by atoms with Crippen LogP contribution in [0.15, 0.2) is 182 Å². The predicted octanol–water partition coefficient (Wildman–Crippen LogP) is 22.9. The van der Waals surface area contributed by atoms with E-state index in [1.165, 1.54) is 137 Å². The summed E-state index contributed by atoms with van der Waals surface area (Å²) in [6.45, 7) is 31.8. The Hall–Kier alpha value is -5.89. The van der Waals surface area contributed by atoms with Crippen LogP contribution in [-0.4, -0.2) is 0 Å². The fourth-order valence-electron chi connectivity index (χ4n) is 14.6. The van der Waals surface area contributed by atoms with Crippen molar-refractivity contribution in [2.24, 2.45) is 44.3 Å². The molecule has 3 fully saturated rings. The molecule has 77 heavy (non-hydrogen) atoms. The van der Waals surface area contributed by atoms with Gasteiger partial charge in [0.05, 0.1) is 0 Å². The normalized spacial score (nSPS) is 19.3. The van der Waals surface area contributed by atoms with Gasteiger partial charge in [-0.15, -0.1) is 0 Å². The topological polar surface area (TPSA) is 0 Å². The highest BCUT2D eigenvalue weighted by atomic mass is 32.1. The highest BCUT2D eigenvalue weighted by Crippen LogP contribution is 2.64. The third kappa shape index (κ3) is 9.92. The van der Waals surface area contributed by atoms with Gasteiger partial charge in [-0.2, -0.15) is 13.5 Å². The molecule has 1 heteroatoms. The molecule has 3 aliphatic carbocycles. The summed E-state index contributed by atoms with van der Waals surface area (Å²) in [6.07, 6.45) is 8.29. The molecule has 0 heterocycles. The summed E-state index contributed by atoms with van der Waals surface area (Å²) in [5.74, 6) is 2.58. The van der Waals surface area contributed by atoms with Gasteiger partial charge in [0.25, 0.3) is 0 Å². The van der Waals surface area contributed by atoms with Crippen molar-refractivity contribution in [2.45, 2.75) is 134 Å². The SMILES string of the molecule is CC1(C)CC(C2CC(C)(C)C(C)(C)C2)CC1(C)C.CC1(C)CC(c2cccc(-c3ccc4c5ccccc5c5ccccc5c4c3)c2)CC1(C)C.Cc1cccc(-c2ccc3c4ccccc4c4ccccc4c3c2)c1.S. The first-order valence-electron chi connectivity index (χ1n) is 28.9. The molecular formula is C76H86S. The first-order valence-corrected chi connectivity index (χ1v) is 28.9. The molecule has 10 aromatic carbocycles. The van der Waals surface area contributed by atoms with Crippen molar-refractivity contribution >= 4 is 78.1 Å². The van der Waals surface area contributed by atoms with Crippen LogP contribution in [0.25, 0.3) is 86.9 Å². The maximum Gasteiger partial charge on any atom is -0.00928 e. The van der Waals surface area contributed by atoms with Crippen LogP contribution in [0.4, 0.5) is 0 Å². The smallest absolute Gasteiger partial charge is 0.00928 e. The second kappa shape index (κ2) is 20.1. The van der Waals surface area contributed by atoms with Crippen molar-refractivity contribution in [3.8, 4) is 22.3 Å². The Bertz CT molecular complexity index is 3670. The van der Waals surface area contributed by atoms with Gasteiger partial charge in [0.15, 0.2) is 0 Å². The van der Waals surface area contributed by atoms with E-state index in [0.717, 1.165) is 11.8 Å². The van der Waals surface area contributed by atoms with Crippen molar-refractivity contribution in [2.75, 3.05) is 0 Å². The Labute approximate surface area is 469 Å². The molecular weight excluding hydrogens is 945 g/mol. The van der Waals surface area contributed by atoms with Crippen LogP contribution in [0.5, 0.6) is 0 Å². The Morgan fingerprint density at radius 1 is 0.260 bits per heavy atom. The third-order valence-corrected chi connectivity index (χ3v) is 21.3. The van der Waals surface area contributed by atoms with Crippen molar-refractivity contribution in [1.29, 1.82) is 0 Å². The molecule has 0 bridgehead atoms. The second-order valence-corrected chi connectivity index (χ2v) is 27.9. The zero-order valence-electron chi connectivity index (χ0n) is 48.8. The molecule has 0 unspecified atom stereocenters. The fraction of sp³-hybridized carbons (Fsp3) is 0.368. The van der Waals surface area contributed by atoms with E-state index in [1.54, 1.807) is 0 Å². The van der Waals surface area contributed by atoms with Crippen molar-refractivity contribution in [3.63, 3.8) is 0 Å². The molecule has 0 amide bonds. The molecule has 10 aromatic rings. The molecule has 13 rings (SSSR count). The summed E-state index contributed by atoms with van der Waals surface area (Å²) in [5, 5.41) is 16.0. The van der Waals surface area contributed by atoms with E-state index in [1.807, 2.05) is 0 Å². The average molecular weight is 1030 g/mol. The zero-order valence-corrected chi connectivity index (χ0v) is 49.8. The van der Waals surface area contributed by atoms with Crippen LogP contribution in [0, 0.1) is 51.2 Å². The summed E-state index contributed by atoms with van der Waals surface area (Å²) in [7, 11) is 0. The molecule has 0 spiro atoms. The van der Waals surface area contributed by atoms with Crippen molar-refractivity contribution in [1.82, 2.24) is 0 Å². The van der Waals surface area contributed by atoms with Crippen LogP contribution in [0.1, 0.15) is 139 Å². The van der Waals surface area contributed by atoms with Crippen LogP contribution < -0.4 is 0 Å². The van der Waals surface area contributed by atoms with Crippen molar-refractivity contribution < 1.29 is 0 Å². The Morgan fingerprint density at radius 2 is 0.532 bits per heavy atom. The molecule has 0 atom stereocenters. The van der Waals surface area contributed by atoms with Gasteiger partial charge in [-0.3, -0.25) is 0 Å². The number of rotatable bonds is 4. The van der Waals surface area contributed by atoms with E-state index in [-0.39, 0.29) is 13.5 Å². The number of aryl methyl sites for hydroxylation is 1. The maximum absolute atomic E-state index is 2.48. The molecule has 3 saturated carbocycles. The summed E-state index contributed by atoms with van der Waals surface area (Å²) in [5.41, 5.74) is 10.8. The van der Waals surface area contributed by atoms with E-state index in [9.17, 15) is 0 Å². The van der Waals surface area contributed by atoms with Crippen LogP contribution >= 0.6 is 13.5 Å². The lowest BCUT2D eigenvalue weighted by atomic mass is 9.71. The van der Waals surface area contributed by atoms with Crippen LogP contribution in [0.2, 0.25) is 0 Å². The lowest BCUT2D eigenvalue weighted by Crippen LogP contribution is -2.25. The molecule has 3 aliphatic rings. The Morgan fingerprint density at radius 3 is 0.870 bits per heavy atom. The van der Waals surface area contributed by atoms with Gasteiger partial charge in [-0.05, 0) is 200 Å². The number of hydrogen-bond donors (Lipinski definition) is 0. The summed E-state index contributed by atoms with van der Waals surface area (Å²) in [6, 6.07) is 67.1. The number of benzene rings is 10. The quantitative estimate of drug-likeness (QED) is 0.154. The summed E-state index contributed by atoms with van der Waals surface area (Å²) >= 11 is 0. The van der Waals surface area contributed by atoms with Gasteiger partial charge in [0.1, 0.15) is 0 Å². The third-order valence-electron chi connectivity index (χ3n) is 21.3. The van der Waals surface area contributed by atoms with Gasteiger partial charge in [-0.25, -0.2) is 0 Å². The van der Waals surface area contributed by atoms with Crippen molar-refractivity contribution in [3.05, 3.63) is 193 Å².